The smallest absolute Gasteiger partial charge is 0.169 e. The van der Waals surface area contributed by atoms with Gasteiger partial charge in [0, 0.05) is 12.3 Å². The average molecular weight is 228 g/mol. The number of para-hydroxylation sites is 1. The summed E-state index contributed by atoms with van der Waals surface area (Å²) in [6.07, 6.45) is 1.82. The lowest BCUT2D eigenvalue weighted by Crippen LogP contribution is -1.99. The predicted molar refractivity (Wildman–Crippen MR) is 65.1 cm³/mol. The number of aryl methyl sites for hydroxylation is 1. The number of rotatable bonds is 4. The van der Waals surface area contributed by atoms with Crippen molar-refractivity contribution >= 4 is 0 Å². The quantitative estimate of drug-likeness (QED) is 0.806. The van der Waals surface area contributed by atoms with Crippen LogP contribution in [0.3, 0.4) is 0 Å². The van der Waals surface area contributed by atoms with Gasteiger partial charge in [0.1, 0.15) is 6.61 Å². The summed E-state index contributed by atoms with van der Waals surface area (Å²) in [5.74, 6) is 1.29. The lowest BCUT2D eigenvalue weighted by molar-refractivity contribution is 0.280. The van der Waals surface area contributed by atoms with E-state index >= 15 is 0 Å². The monoisotopic (exact) mass is 228 g/mol. The Kier molecular flexibility index (Phi) is 3.60. The molecule has 87 valence electrons. The molecule has 2 aromatic rings. The van der Waals surface area contributed by atoms with Gasteiger partial charge in [-0.3, -0.25) is 4.98 Å². The largest absolute Gasteiger partial charge is 0.493 e. The van der Waals surface area contributed by atoms with Crippen molar-refractivity contribution in [1.29, 1.82) is 0 Å². The lowest BCUT2D eigenvalue weighted by Gasteiger charge is -2.09. The van der Waals surface area contributed by atoms with Gasteiger partial charge in [0.15, 0.2) is 11.5 Å². The van der Waals surface area contributed by atoms with Gasteiger partial charge in [0.2, 0.25) is 0 Å². The molecule has 0 saturated carbocycles. The van der Waals surface area contributed by atoms with Crippen LogP contribution in [0.15, 0.2) is 36.5 Å². The third-order valence-corrected chi connectivity index (χ3v) is 2.34. The first-order valence-electron chi connectivity index (χ1n) is 5.38. The first-order valence-corrected chi connectivity index (χ1v) is 5.38. The first kappa shape index (κ1) is 11.5. The summed E-state index contributed by atoms with van der Waals surface area (Å²) >= 11 is 0. The number of hydrogen-bond acceptors (Lipinski definition) is 3. The molecule has 0 aliphatic carbocycles. The number of benzene rings is 1. The Labute approximate surface area is 101 Å². The predicted octanol–water partition coefficient (Wildman–Crippen LogP) is 2.78. The number of methoxy groups -OCH3 is 1. The highest BCUT2D eigenvalue weighted by Gasteiger charge is 2.03. The van der Waals surface area contributed by atoms with Crippen molar-refractivity contribution in [2.45, 2.75) is 13.5 Å². The lowest BCUT2D eigenvalue weighted by atomic mass is 10.3. The summed E-state index contributed by atoms with van der Waals surface area (Å²) in [5, 5.41) is 0. The van der Waals surface area contributed by atoms with Gasteiger partial charge < -0.3 is 9.47 Å². The minimum absolute atomic E-state index is 0.414. The maximum Gasteiger partial charge on any atom is 0.169 e. The van der Waals surface area contributed by atoms with Crippen LogP contribution >= 0.6 is 0 Å². The maximum absolute atomic E-state index is 5.61. The normalized spacial score (nSPS) is 10.0. The van der Waals surface area contributed by atoms with E-state index in [2.05, 4.69) is 11.1 Å². The van der Waals surface area contributed by atoms with Crippen LogP contribution < -0.4 is 9.47 Å². The molecule has 3 nitrogen and oxygen atoms in total. The minimum Gasteiger partial charge on any atom is -0.493 e. The molecule has 0 saturated heterocycles. The van der Waals surface area contributed by atoms with E-state index in [4.69, 9.17) is 9.47 Å². The summed E-state index contributed by atoms with van der Waals surface area (Å²) in [5.41, 5.74) is 2.02. The summed E-state index contributed by atoms with van der Waals surface area (Å²) in [6, 6.07) is 12.4. The molecule has 0 atom stereocenters. The number of nitrogens with zero attached hydrogens (tertiary/aromatic N) is 1. The topological polar surface area (TPSA) is 31.4 Å². The molecular formula is C14H14NO2. The highest BCUT2D eigenvalue weighted by molar-refractivity contribution is 5.38. The second kappa shape index (κ2) is 5.34. The second-order valence-corrected chi connectivity index (χ2v) is 3.68. The highest BCUT2D eigenvalue weighted by Crippen LogP contribution is 2.25. The van der Waals surface area contributed by atoms with Crippen molar-refractivity contribution in [2.24, 2.45) is 0 Å². The fraction of sp³-hybridized carbons (Fsp3) is 0.214. The van der Waals surface area contributed by atoms with Crippen LogP contribution in [0.4, 0.5) is 0 Å². The molecular weight excluding hydrogens is 214 g/mol. The van der Waals surface area contributed by atoms with Crippen LogP contribution in [-0.4, -0.2) is 12.1 Å². The zero-order chi connectivity index (χ0) is 12.1. The number of ether oxygens (including phenoxy) is 2. The van der Waals surface area contributed by atoms with Gasteiger partial charge in [-0.05, 0) is 24.6 Å². The van der Waals surface area contributed by atoms with Gasteiger partial charge in [-0.25, -0.2) is 0 Å². The van der Waals surface area contributed by atoms with Crippen LogP contribution in [0.2, 0.25) is 0 Å². The molecule has 1 aromatic heterocycles. The van der Waals surface area contributed by atoms with E-state index in [1.807, 2.05) is 37.4 Å². The molecule has 0 N–H and O–H groups in total. The summed E-state index contributed by atoms with van der Waals surface area (Å²) in [4.78, 5) is 4.27. The van der Waals surface area contributed by atoms with Gasteiger partial charge in [0.05, 0.1) is 12.8 Å². The van der Waals surface area contributed by atoms with Crippen molar-refractivity contribution in [2.75, 3.05) is 7.11 Å². The van der Waals surface area contributed by atoms with Crippen molar-refractivity contribution in [1.82, 2.24) is 4.98 Å². The molecule has 1 aromatic carbocycles. The van der Waals surface area contributed by atoms with Crippen molar-refractivity contribution in [3.63, 3.8) is 0 Å². The van der Waals surface area contributed by atoms with Crippen LogP contribution in [0.1, 0.15) is 11.3 Å². The molecule has 0 aliphatic rings. The van der Waals surface area contributed by atoms with Crippen molar-refractivity contribution in [3.8, 4) is 11.5 Å². The third kappa shape index (κ3) is 2.97. The molecule has 0 amide bonds. The standard InChI is InChI=1S/C14H14NO2/c1-11-7-8-12(15-9-11)10-17-14-6-4-3-5-13(14)16-2/h3-5,7-9H,10H2,1-2H3. The van der Waals surface area contributed by atoms with Crippen LogP contribution in [0.5, 0.6) is 11.5 Å². The van der Waals surface area contributed by atoms with E-state index in [1.165, 1.54) is 0 Å². The molecule has 0 spiro atoms. The zero-order valence-corrected chi connectivity index (χ0v) is 9.93. The molecule has 2 rings (SSSR count). The molecule has 0 unspecified atom stereocenters. The van der Waals surface area contributed by atoms with Gasteiger partial charge >= 0.3 is 0 Å². The first-order chi connectivity index (χ1) is 8.29. The molecule has 3 heteroatoms. The maximum atomic E-state index is 5.61. The Bertz CT molecular complexity index is 480. The molecule has 17 heavy (non-hydrogen) atoms. The van der Waals surface area contributed by atoms with Gasteiger partial charge in [-0.1, -0.05) is 18.2 Å². The van der Waals surface area contributed by atoms with Gasteiger partial charge in [-0.15, -0.1) is 0 Å². The van der Waals surface area contributed by atoms with E-state index in [-0.39, 0.29) is 0 Å². The molecule has 1 radical (unpaired) electrons. The number of hydrogen-bond donors (Lipinski definition) is 0. The molecule has 1 heterocycles. The SMILES string of the molecule is COc1ccc[c]c1OCc1ccc(C)cn1. The van der Waals surface area contributed by atoms with Crippen LogP contribution in [0.25, 0.3) is 0 Å². The second-order valence-electron chi connectivity index (χ2n) is 3.68. The van der Waals surface area contributed by atoms with Crippen LogP contribution in [0, 0.1) is 13.0 Å². The third-order valence-electron chi connectivity index (χ3n) is 2.34. The average Bonchev–Trinajstić information content (AvgIpc) is 2.38. The molecule has 0 fully saturated rings. The Hall–Kier alpha value is -2.03. The zero-order valence-electron chi connectivity index (χ0n) is 9.93. The van der Waals surface area contributed by atoms with Gasteiger partial charge in [0.25, 0.3) is 0 Å². The summed E-state index contributed by atoms with van der Waals surface area (Å²) < 4.78 is 10.8. The number of pyridine rings is 1. The van der Waals surface area contributed by atoms with E-state index in [0.29, 0.717) is 18.1 Å². The van der Waals surface area contributed by atoms with E-state index in [9.17, 15) is 0 Å². The van der Waals surface area contributed by atoms with E-state index in [0.717, 1.165) is 11.3 Å². The Balaban J connectivity index is 2.04. The molecule has 0 bridgehead atoms. The number of aromatic nitrogens is 1. The summed E-state index contributed by atoms with van der Waals surface area (Å²) in [6.45, 7) is 2.42. The van der Waals surface area contributed by atoms with E-state index < -0.39 is 0 Å². The Morgan fingerprint density at radius 1 is 1.29 bits per heavy atom. The molecule has 0 aliphatic heterocycles. The fourth-order valence-electron chi connectivity index (χ4n) is 1.41. The van der Waals surface area contributed by atoms with E-state index in [1.54, 1.807) is 13.2 Å². The minimum atomic E-state index is 0.414. The fourth-order valence-corrected chi connectivity index (χ4v) is 1.41. The van der Waals surface area contributed by atoms with Crippen LogP contribution in [-0.2, 0) is 6.61 Å². The van der Waals surface area contributed by atoms with Gasteiger partial charge in [-0.2, -0.15) is 0 Å². The summed E-state index contributed by atoms with van der Waals surface area (Å²) in [7, 11) is 1.61. The Morgan fingerprint density at radius 3 is 2.88 bits per heavy atom. The Morgan fingerprint density at radius 2 is 2.18 bits per heavy atom. The van der Waals surface area contributed by atoms with Crippen molar-refractivity contribution in [3.05, 3.63) is 53.9 Å². The van der Waals surface area contributed by atoms with Crippen molar-refractivity contribution < 1.29 is 9.47 Å². The highest BCUT2D eigenvalue weighted by atomic mass is 16.5.